The van der Waals surface area contributed by atoms with Gasteiger partial charge in [-0.25, -0.2) is 0 Å². The van der Waals surface area contributed by atoms with Gasteiger partial charge in [0.05, 0.1) is 0 Å². The highest BCUT2D eigenvalue weighted by atomic mass is 15.1. The Morgan fingerprint density at radius 1 is 0.552 bits per heavy atom. The molecule has 0 aromatic heterocycles. The Bertz CT molecular complexity index is 812. The number of rotatable bonds is 3. The zero-order valence-corrected chi connectivity index (χ0v) is 19.1. The average Bonchev–Trinajstić information content (AvgIpc) is 2.68. The zero-order valence-electron chi connectivity index (χ0n) is 19.1. The molecule has 0 saturated carbocycles. The lowest BCUT2D eigenvalue weighted by atomic mass is 9.88. The second kappa shape index (κ2) is 11.5. The molecular formula is C28H37N. The van der Waals surface area contributed by atoms with Gasteiger partial charge >= 0.3 is 0 Å². The fourth-order valence-electron chi connectivity index (χ4n) is 3.16. The average molecular weight is 388 g/mol. The van der Waals surface area contributed by atoms with E-state index in [1.807, 2.05) is 0 Å². The molecule has 0 saturated heterocycles. The molecule has 29 heavy (non-hydrogen) atoms. The van der Waals surface area contributed by atoms with Crippen LogP contribution >= 0.6 is 0 Å². The largest absolute Gasteiger partial charge is 0.310 e. The van der Waals surface area contributed by atoms with Gasteiger partial charge in [-0.2, -0.15) is 0 Å². The van der Waals surface area contributed by atoms with Crippen LogP contribution in [0.2, 0.25) is 0 Å². The lowest BCUT2D eigenvalue weighted by Crippen LogP contribution is -2.13. The lowest BCUT2D eigenvalue weighted by Gasteiger charge is -2.28. The standard InChI is InChI=1S/C22H21N.2C3H8/c1-16-3-10-20(11-4-16)23(21-12-5-17(2)6-13-21)22-14-9-18-7-8-19(18)15-22;2*1-3-2/h3-6,9-15H,7-8H2,1-2H3;2*3H2,1-2H3. The van der Waals surface area contributed by atoms with Crippen molar-refractivity contribution in [3.63, 3.8) is 0 Å². The number of anilines is 3. The quantitative estimate of drug-likeness (QED) is 0.434. The van der Waals surface area contributed by atoms with Gasteiger partial charge < -0.3 is 4.90 Å². The van der Waals surface area contributed by atoms with Crippen LogP contribution in [-0.2, 0) is 12.8 Å². The van der Waals surface area contributed by atoms with Crippen LogP contribution in [0.15, 0.2) is 66.7 Å². The second-order valence-electron chi connectivity index (χ2n) is 7.87. The summed E-state index contributed by atoms with van der Waals surface area (Å²) in [6, 6.07) is 24.4. The van der Waals surface area contributed by atoms with E-state index in [1.54, 1.807) is 0 Å². The summed E-state index contributed by atoms with van der Waals surface area (Å²) in [6.45, 7) is 12.8. The van der Waals surface area contributed by atoms with Crippen molar-refractivity contribution in [3.05, 3.63) is 89.0 Å². The minimum absolute atomic E-state index is 1.21. The summed E-state index contributed by atoms with van der Waals surface area (Å²) in [5, 5.41) is 0. The molecule has 3 aromatic rings. The SMILES string of the molecule is CCC.CCC.Cc1ccc(N(c2ccc(C)cc2)c2ccc3c(c2)CC3)cc1. The Morgan fingerprint density at radius 3 is 1.28 bits per heavy atom. The van der Waals surface area contributed by atoms with Gasteiger partial charge in [0.1, 0.15) is 0 Å². The van der Waals surface area contributed by atoms with E-state index in [0.29, 0.717) is 0 Å². The van der Waals surface area contributed by atoms with Crippen LogP contribution in [0.25, 0.3) is 0 Å². The third-order valence-corrected chi connectivity index (χ3v) is 4.70. The van der Waals surface area contributed by atoms with Gasteiger partial charge in [0, 0.05) is 17.1 Å². The smallest absolute Gasteiger partial charge is 0.0464 e. The highest BCUT2D eigenvalue weighted by Gasteiger charge is 2.17. The maximum Gasteiger partial charge on any atom is 0.0464 e. The van der Waals surface area contributed by atoms with E-state index in [1.165, 1.54) is 65.0 Å². The normalized spacial score (nSPS) is 11.1. The molecule has 1 heteroatoms. The van der Waals surface area contributed by atoms with Crippen molar-refractivity contribution >= 4 is 17.1 Å². The molecule has 3 aromatic carbocycles. The van der Waals surface area contributed by atoms with Gasteiger partial charge in [-0.05, 0) is 74.2 Å². The minimum Gasteiger partial charge on any atom is -0.310 e. The summed E-state index contributed by atoms with van der Waals surface area (Å²) < 4.78 is 0. The highest BCUT2D eigenvalue weighted by Crippen LogP contribution is 2.37. The maximum absolute atomic E-state index is 2.35. The number of aryl methyl sites for hydroxylation is 4. The molecule has 0 heterocycles. The Labute approximate surface area is 178 Å². The summed E-state index contributed by atoms with van der Waals surface area (Å²) in [7, 11) is 0. The van der Waals surface area contributed by atoms with E-state index in [-0.39, 0.29) is 0 Å². The molecule has 4 rings (SSSR count). The molecule has 0 atom stereocenters. The van der Waals surface area contributed by atoms with Crippen LogP contribution in [0.3, 0.4) is 0 Å². The van der Waals surface area contributed by atoms with Gasteiger partial charge in [0.2, 0.25) is 0 Å². The first-order valence-electron chi connectivity index (χ1n) is 11.1. The summed E-state index contributed by atoms with van der Waals surface area (Å²) in [4.78, 5) is 2.34. The Hall–Kier alpha value is -2.54. The van der Waals surface area contributed by atoms with Crippen molar-refractivity contribution < 1.29 is 0 Å². The Balaban J connectivity index is 0.000000449. The van der Waals surface area contributed by atoms with E-state index in [4.69, 9.17) is 0 Å². The summed E-state index contributed by atoms with van der Waals surface area (Å²) in [6.07, 6.45) is 4.93. The monoisotopic (exact) mass is 387 g/mol. The molecule has 1 aliphatic carbocycles. The van der Waals surface area contributed by atoms with Gasteiger partial charge in [-0.3, -0.25) is 0 Å². The van der Waals surface area contributed by atoms with Crippen molar-refractivity contribution in [1.29, 1.82) is 0 Å². The molecule has 0 bridgehead atoms. The second-order valence-corrected chi connectivity index (χ2v) is 7.87. The topological polar surface area (TPSA) is 3.24 Å². The Morgan fingerprint density at radius 2 is 0.931 bits per heavy atom. The van der Waals surface area contributed by atoms with Crippen molar-refractivity contribution in [2.75, 3.05) is 4.90 Å². The summed E-state index contributed by atoms with van der Waals surface area (Å²) in [5.41, 5.74) is 9.23. The number of fused-ring (bicyclic) bond motifs is 1. The highest BCUT2D eigenvalue weighted by molar-refractivity contribution is 5.77. The number of hydrogen-bond acceptors (Lipinski definition) is 1. The van der Waals surface area contributed by atoms with Crippen LogP contribution in [0.1, 0.15) is 62.8 Å². The fourth-order valence-corrected chi connectivity index (χ4v) is 3.16. The summed E-state index contributed by atoms with van der Waals surface area (Å²) >= 11 is 0. The lowest BCUT2D eigenvalue weighted by molar-refractivity contribution is 0.839. The third kappa shape index (κ3) is 6.22. The van der Waals surface area contributed by atoms with Crippen LogP contribution in [0.5, 0.6) is 0 Å². The number of benzene rings is 3. The molecule has 0 fully saturated rings. The van der Waals surface area contributed by atoms with Crippen LogP contribution < -0.4 is 4.90 Å². The molecular weight excluding hydrogens is 350 g/mol. The van der Waals surface area contributed by atoms with Gasteiger partial charge in [0.15, 0.2) is 0 Å². The van der Waals surface area contributed by atoms with E-state index >= 15 is 0 Å². The number of nitrogens with zero attached hydrogens (tertiary/aromatic N) is 1. The molecule has 1 aliphatic rings. The van der Waals surface area contributed by atoms with Crippen molar-refractivity contribution in [2.45, 2.75) is 67.2 Å². The van der Waals surface area contributed by atoms with Gasteiger partial charge in [-0.1, -0.05) is 82.0 Å². The van der Waals surface area contributed by atoms with Crippen molar-refractivity contribution in [1.82, 2.24) is 0 Å². The van der Waals surface area contributed by atoms with E-state index in [2.05, 4.69) is 113 Å². The van der Waals surface area contributed by atoms with Crippen LogP contribution in [0.4, 0.5) is 17.1 Å². The van der Waals surface area contributed by atoms with E-state index in [0.717, 1.165) is 0 Å². The first-order chi connectivity index (χ1) is 14.0. The molecule has 0 unspecified atom stereocenters. The summed E-state index contributed by atoms with van der Waals surface area (Å²) in [5.74, 6) is 0. The predicted molar refractivity (Wildman–Crippen MR) is 130 cm³/mol. The van der Waals surface area contributed by atoms with Crippen molar-refractivity contribution in [3.8, 4) is 0 Å². The first kappa shape index (κ1) is 22.7. The third-order valence-electron chi connectivity index (χ3n) is 4.70. The molecule has 0 radical (unpaired) electrons. The molecule has 154 valence electrons. The molecule has 0 N–H and O–H groups in total. The maximum atomic E-state index is 2.35. The van der Waals surface area contributed by atoms with Gasteiger partial charge in [0.25, 0.3) is 0 Å². The molecule has 1 nitrogen and oxygen atoms in total. The van der Waals surface area contributed by atoms with E-state index in [9.17, 15) is 0 Å². The van der Waals surface area contributed by atoms with Crippen LogP contribution in [0, 0.1) is 13.8 Å². The van der Waals surface area contributed by atoms with Crippen LogP contribution in [-0.4, -0.2) is 0 Å². The fraction of sp³-hybridized carbons (Fsp3) is 0.357. The zero-order chi connectivity index (χ0) is 21.2. The molecule has 0 spiro atoms. The Kier molecular flexibility index (Phi) is 8.99. The number of hydrogen-bond donors (Lipinski definition) is 0. The molecule has 0 aliphatic heterocycles. The predicted octanol–water partition coefficient (Wildman–Crippen LogP) is 8.70. The van der Waals surface area contributed by atoms with E-state index < -0.39 is 0 Å². The molecule has 0 amide bonds. The van der Waals surface area contributed by atoms with Gasteiger partial charge in [-0.15, -0.1) is 0 Å². The first-order valence-corrected chi connectivity index (χ1v) is 11.1. The minimum atomic E-state index is 1.21. The van der Waals surface area contributed by atoms with Crippen molar-refractivity contribution in [2.24, 2.45) is 0 Å².